The molecule has 0 aliphatic carbocycles. The van der Waals surface area contributed by atoms with E-state index in [0.717, 1.165) is 0 Å². The van der Waals surface area contributed by atoms with Crippen molar-refractivity contribution in [1.29, 1.82) is 0 Å². The summed E-state index contributed by atoms with van der Waals surface area (Å²) in [6.45, 7) is 0.477. The molecule has 3 rings (SSSR count). The van der Waals surface area contributed by atoms with Crippen LogP contribution in [0.2, 0.25) is 0 Å². The largest absolute Gasteiger partial charge is 0.508 e. The maximum atomic E-state index is 12.8. The number of benzene rings is 3. The van der Waals surface area contributed by atoms with Gasteiger partial charge in [0.1, 0.15) is 17.2 Å². The maximum absolute atomic E-state index is 12.8. The van der Waals surface area contributed by atoms with Crippen LogP contribution in [0.4, 0.5) is 4.79 Å². The molecule has 6 nitrogen and oxygen atoms in total. The number of hydrogen-bond acceptors (Lipinski definition) is 4. The minimum atomic E-state index is -0.380. The molecule has 0 saturated carbocycles. The molecule has 4 N–H and O–H groups in total. The minimum absolute atomic E-state index is 0.0956. The first-order chi connectivity index (χ1) is 13.5. The van der Waals surface area contributed by atoms with E-state index in [0.29, 0.717) is 16.7 Å². The first kappa shape index (κ1) is 19.1. The first-order valence-electron chi connectivity index (χ1n) is 8.88. The summed E-state index contributed by atoms with van der Waals surface area (Å²) in [7, 11) is 0. The third-order valence-electron chi connectivity index (χ3n) is 4.41. The van der Waals surface area contributed by atoms with E-state index in [-0.39, 0.29) is 42.9 Å². The van der Waals surface area contributed by atoms with Crippen LogP contribution in [0.1, 0.15) is 16.7 Å². The van der Waals surface area contributed by atoms with Gasteiger partial charge in [0.05, 0.1) is 13.1 Å². The van der Waals surface area contributed by atoms with Crippen LogP contribution in [0.5, 0.6) is 17.2 Å². The summed E-state index contributed by atoms with van der Waals surface area (Å²) in [6.07, 6.45) is 0. The second-order valence-corrected chi connectivity index (χ2v) is 6.40. The van der Waals surface area contributed by atoms with Crippen molar-refractivity contribution in [2.75, 3.05) is 0 Å². The number of hydrogen-bond donors (Lipinski definition) is 4. The van der Waals surface area contributed by atoms with Gasteiger partial charge in [-0.25, -0.2) is 4.79 Å². The van der Waals surface area contributed by atoms with E-state index in [1.165, 1.54) is 4.90 Å². The van der Waals surface area contributed by atoms with Crippen molar-refractivity contribution in [2.45, 2.75) is 19.6 Å². The fourth-order valence-corrected chi connectivity index (χ4v) is 2.84. The first-order valence-corrected chi connectivity index (χ1v) is 8.88. The molecule has 144 valence electrons. The SMILES string of the molecule is O=C(NCc1ccccc1O)N(Cc1ccccc1O)Cc1ccccc1O. The zero-order valence-electron chi connectivity index (χ0n) is 15.2. The molecular weight excluding hydrogens is 356 g/mol. The van der Waals surface area contributed by atoms with Crippen molar-refractivity contribution < 1.29 is 20.1 Å². The Morgan fingerprint density at radius 2 is 1.07 bits per heavy atom. The van der Waals surface area contributed by atoms with Gasteiger partial charge in [0, 0.05) is 23.2 Å². The number of carbonyl (C=O) groups is 1. The van der Waals surface area contributed by atoms with E-state index in [2.05, 4.69) is 5.32 Å². The fourth-order valence-electron chi connectivity index (χ4n) is 2.84. The molecule has 2 amide bonds. The molecule has 0 spiro atoms. The van der Waals surface area contributed by atoms with Crippen molar-refractivity contribution >= 4 is 6.03 Å². The number of aromatic hydroxyl groups is 3. The Bertz CT molecular complexity index is 911. The lowest BCUT2D eigenvalue weighted by atomic mass is 10.1. The van der Waals surface area contributed by atoms with Gasteiger partial charge in [0.25, 0.3) is 0 Å². The second kappa shape index (κ2) is 8.81. The molecule has 0 atom stereocenters. The van der Waals surface area contributed by atoms with E-state index < -0.39 is 0 Å². The maximum Gasteiger partial charge on any atom is 0.318 e. The van der Waals surface area contributed by atoms with Crippen LogP contribution in [0.15, 0.2) is 72.8 Å². The number of phenolic OH excluding ortho intramolecular Hbond substituents is 3. The molecule has 3 aromatic rings. The summed E-state index contributed by atoms with van der Waals surface area (Å²) >= 11 is 0. The average molecular weight is 378 g/mol. The van der Waals surface area contributed by atoms with Gasteiger partial charge in [0.2, 0.25) is 0 Å². The molecule has 0 bridgehead atoms. The Hall–Kier alpha value is -3.67. The van der Waals surface area contributed by atoms with Crippen LogP contribution in [-0.2, 0) is 19.6 Å². The number of nitrogens with one attached hydrogen (secondary N) is 1. The van der Waals surface area contributed by atoms with Gasteiger partial charge >= 0.3 is 6.03 Å². The Morgan fingerprint density at radius 1 is 0.679 bits per heavy atom. The van der Waals surface area contributed by atoms with Crippen molar-refractivity contribution in [3.63, 3.8) is 0 Å². The van der Waals surface area contributed by atoms with Crippen molar-refractivity contribution in [3.8, 4) is 17.2 Å². The van der Waals surface area contributed by atoms with Crippen LogP contribution in [0, 0.1) is 0 Å². The summed E-state index contributed by atoms with van der Waals surface area (Å²) in [6, 6.07) is 20.0. The molecule has 6 heteroatoms. The van der Waals surface area contributed by atoms with Crippen molar-refractivity contribution in [3.05, 3.63) is 89.5 Å². The molecule has 0 heterocycles. The molecular formula is C22H22N2O4. The quantitative estimate of drug-likeness (QED) is 0.526. The predicted molar refractivity (Wildman–Crippen MR) is 106 cm³/mol. The summed E-state index contributed by atoms with van der Waals surface area (Å²) in [4.78, 5) is 14.3. The van der Waals surface area contributed by atoms with Crippen molar-refractivity contribution in [2.24, 2.45) is 0 Å². The zero-order chi connectivity index (χ0) is 19.9. The molecule has 0 fully saturated rings. The monoisotopic (exact) mass is 378 g/mol. The van der Waals surface area contributed by atoms with Gasteiger partial charge in [-0.3, -0.25) is 0 Å². The number of nitrogens with zero attached hydrogens (tertiary/aromatic N) is 1. The summed E-state index contributed by atoms with van der Waals surface area (Å²) < 4.78 is 0. The topological polar surface area (TPSA) is 93.0 Å². The average Bonchev–Trinajstić information content (AvgIpc) is 2.70. The molecule has 0 aliphatic heterocycles. The molecule has 0 unspecified atom stereocenters. The molecule has 0 aliphatic rings. The standard InChI is InChI=1S/C22H22N2O4/c25-19-10-4-1-7-16(19)13-23-22(28)24(14-17-8-2-5-11-20(17)26)15-18-9-3-6-12-21(18)27/h1-12,25-27H,13-15H2,(H,23,28). The molecule has 0 aromatic heterocycles. The predicted octanol–water partition coefficient (Wildman–Crippen LogP) is 3.72. The summed E-state index contributed by atoms with van der Waals surface area (Å²) in [5.74, 6) is 0.298. The lowest BCUT2D eigenvalue weighted by Gasteiger charge is -2.24. The van der Waals surface area contributed by atoms with E-state index in [1.54, 1.807) is 72.8 Å². The molecule has 28 heavy (non-hydrogen) atoms. The van der Waals surface area contributed by atoms with E-state index in [1.807, 2.05) is 0 Å². The third-order valence-corrected chi connectivity index (χ3v) is 4.41. The normalized spacial score (nSPS) is 10.4. The highest BCUT2D eigenvalue weighted by molar-refractivity contribution is 5.74. The van der Waals surface area contributed by atoms with Gasteiger partial charge in [0.15, 0.2) is 0 Å². The van der Waals surface area contributed by atoms with Gasteiger partial charge in [-0.1, -0.05) is 54.6 Å². The van der Waals surface area contributed by atoms with Gasteiger partial charge in [-0.05, 0) is 18.2 Å². The van der Waals surface area contributed by atoms with E-state index >= 15 is 0 Å². The lowest BCUT2D eigenvalue weighted by molar-refractivity contribution is 0.190. The number of phenols is 3. The lowest BCUT2D eigenvalue weighted by Crippen LogP contribution is -2.38. The van der Waals surface area contributed by atoms with Crippen molar-refractivity contribution in [1.82, 2.24) is 10.2 Å². The summed E-state index contributed by atoms with van der Waals surface area (Å²) in [5.41, 5.74) is 1.78. The van der Waals surface area contributed by atoms with Crippen LogP contribution < -0.4 is 5.32 Å². The fraction of sp³-hybridized carbons (Fsp3) is 0.136. The van der Waals surface area contributed by atoms with Gasteiger partial charge in [-0.15, -0.1) is 0 Å². The third kappa shape index (κ3) is 4.73. The van der Waals surface area contributed by atoms with Crippen LogP contribution in [-0.4, -0.2) is 26.3 Å². The second-order valence-electron chi connectivity index (χ2n) is 6.40. The molecule has 3 aromatic carbocycles. The van der Waals surface area contributed by atoms with Crippen LogP contribution >= 0.6 is 0 Å². The Kier molecular flexibility index (Phi) is 6.01. The highest BCUT2D eigenvalue weighted by Gasteiger charge is 2.18. The zero-order valence-corrected chi connectivity index (χ0v) is 15.2. The Balaban J connectivity index is 1.78. The van der Waals surface area contributed by atoms with Gasteiger partial charge in [-0.2, -0.15) is 0 Å². The Morgan fingerprint density at radius 3 is 1.50 bits per heavy atom. The smallest absolute Gasteiger partial charge is 0.318 e. The van der Waals surface area contributed by atoms with Gasteiger partial charge < -0.3 is 25.5 Å². The number of para-hydroxylation sites is 3. The Labute approximate surface area is 163 Å². The minimum Gasteiger partial charge on any atom is -0.508 e. The molecule has 0 radical (unpaired) electrons. The number of amides is 2. The van der Waals surface area contributed by atoms with E-state index in [9.17, 15) is 20.1 Å². The number of carbonyl (C=O) groups excluding carboxylic acids is 1. The van der Waals surface area contributed by atoms with Crippen LogP contribution in [0.3, 0.4) is 0 Å². The summed E-state index contributed by atoms with van der Waals surface area (Å²) in [5, 5.41) is 32.8. The van der Waals surface area contributed by atoms with E-state index in [4.69, 9.17) is 0 Å². The number of rotatable bonds is 6. The van der Waals surface area contributed by atoms with Crippen LogP contribution in [0.25, 0.3) is 0 Å². The highest BCUT2D eigenvalue weighted by Crippen LogP contribution is 2.23. The number of urea groups is 1. The highest BCUT2D eigenvalue weighted by atomic mass is 16.3. The molecule has 0 saturated heterocycles.